The molecule has 0 saturated heterocycles. The molecule has 3 N–H and O–H groups in total. The number of ether oxygens (including phenoxy) is 1. The summed E-state index contributed by atoms with van der Waals surface area (Å²) >= 11 is 0. The van der Waals surface area contributed by atoms with E-state index in [0.29, 0.717) is 18.1 Å². The molecule has 0 fully saturated rings. The molecule has 5 nitrogen and oxygen atoms in total. The zero-order chi connectivity index (χ0) is 13.0. The Labute approximate surface area is 105 Å². The topological polar surface area (TPSA) is 81.0 Å². The van der Waals surface area contributed by atoms with Crippen LogP contribution in [0.4, 0.5) is 0 Å². The van der Waals surface area contributed by atoms with Gasteiger partial charge in [0.1, 0.15) is 11.6 Å². The minimum atomic E-state index is -0.200. The van der Waals surface area contributed by atoms with Crippen molar-refractivity contribution in [1.82, 2.24) is 9.97 Å². The first-order valence-corrected chi connectivity index (χ1v) is 5.76. The summed E-state index contributed by atoms with van der Waals surface area (Å²) in [5.74, 6) is 1.31. The third-order valence-corrected chi connectivity index (χ3v) is 2.44. The fraction of sp³-hybridized carbons (Fsp3) is 0.231. The van der Waals surface area contributed by atoms with E-state index in [4.69, 9.17) is 10.5 Å². The summed E-state index contributed by atoms with van der Waals surface area (Å²) in [6.07, 6.45) is 0. The molecule has 18 heavy (non-hydrogen) atoms. The van der Waals surface area contributed by atoms with Gasteiger partial charge >= 0.3 is 0 Å². The second-order valence-electron chi connectivity index (χ2n) is 3.75. The van der Waals surface area contributed by atoms with E-state index in [1.54, 1.807) is 0 Å². The van der Waals surface area contributed by atoms with E-state index in [1.165, 1.54) is 6.07 Å². The first kappa shape index (κ1) is 12.3. The van der Waals surface area contributed by atoms with Crippen LogP contribution in [-0.4, -0.2) is 16.6 Å². The van der Waals surface area contributed by atoms with Crippen molar-refractivity contribution in [2.45, 2.75) is 13.5 Å². The summed E-state index contributed by atoms with van der Waals surface area (Å²) in [5.41, 5.74) is 6.69. The number of nitrogens with two attached hydrogens (primary N) is 1. The molecule has 1 heterocycles. The van der Waals surface area contributed by atoms with Crippen LogP contribution in [0.25, 0.3) is 11.4 Å². The molecule has 2 rings (SSSR count). The van der Waals surface area contributed by atoms with E-state index in [0.717, 1.165) is 11.3 Å². The maximum absolute atomic E-state index is 11.4. The highest BCUT2D eigenvalue weighted by Crippen LogP contribution is 2.18. The number of aromatic amines is 1. The Kier molecular flexibility index (Phi) is 3.74. The smallest absolute Gasteiger partial charge is 0.251 e. The van der Waals surface area contributed by atoms with Crippen molar-refractivity contribution >= 4 is 0 Å². The Morgan fingerprint density at radius 3 is 2.67 bits per heavy atom. The molecule has 0 radical (unpaired) electrons. The first-order chi connectivity index (χ1) is 8.72. The van der Waals surface area contributed by atoms with Gasteiger partial charge in [0.25, 0.3) is 5.56 Å². The van der Waals surface area contributed by atoms with Crippen molar-refractivity contribution in [3.05, 3.63) is 46.4 Å². The van der Waals surface area contributed by atoms with Crippen LogP contribution in [0, 0.1) is 0 Å². The van der Waals surface area contributed by atoms with Crippen molar-refractivity contribution in [2.24, 2.45) is 5.73 Å². The fourth-order valence-electron chi connectivity index (χ4n) is 1.62. The van der Waals surface area contributed by atoms with E-state index < -0.39 is 0 Å². The van der Waals surface area contributed by atoms with E-state index in [-0.39, 0.29) is 12.1 Å². The minimum Gasteiger partial charge on any atom is -0.494 e. The summed E-state index contributed by atoms with van der Waals surface area (Å²) in [4.78, 5) is 18.4. The van der Waals surface area contributed by atoms with Crippen LogP contribution in [0.2, 0.25) is 0 Å². The zero-order valence-corrected chi connectivity index (χ0v) is 10.1. The molecule has 0 bridgehead atoms. The molecule has 0 spiro atoms. The van der Waals surface area contributed by atoms with Crippen LogP contribution in [-0.2, 0) is 6.54 Å². The third kappa shape index (κ3) is 2.75. The van der Waals surface area contributed by atoms with Crippen LogP contribution in [0.1, 0.15) is 12.6 Å². The second-order valence-corrected chi connectivity index (χ2v) is 3.75. The third-order valence-electron chi connectivity index (χ3n) is 2.44. The van der Waals surface area contributed by atoms with Gasteiger partial charge in [0.2, 0.25) is 0 Å². The highest BCUT2D eigenvalue weighted by molar-refractivity contribution is 5.56. The van der Waals surface area contributed by atoms with Crippen LogP contribution < -0.4 is 16.0 Å². The maximum atomic E-state index is 11.4. The van der Waals surface area contributed by atoms with Gasteiger partial charge in [-0.3, -0.25) is 4.79 Å². The van der Waals surface area contributed by atoms with Crippen molar-refractivity contribution in [1.29, 1.82) is 0 Å². The Morgan fingerprint density at radius 1 is 1.33 bits per heavy atom. The molecular formula is C13H15N3O2. The van der Waals surface area contributed by atoms with Crippen molar-refractivity contribution < 1.29 is 4.74 Å². The number of benzene rings is 1. The SMILES string of the molecule is CCOc1ccc(-c2nc(CN)cc(=O)[nH]2)cc1. The predicted molar refractivity (Wildman–Crippen MR) is 69.4 cm³/mol. The lowest BCUT2D eigenvalue weighted by Crippen LogP contribution is -2.12. The molecule has 2 aromatic rings. The maximum Gasteiger partial charge on any atom is 0.251 e. The first-order valence-electron chi connectivity index (χ1n) is 5.76. The zero-order valence-electron chi connectivity index (χ0n) is 10.1. The molecule has 5 heteroatoms. The van der Waals surface area contributed by atoms with E-state index >= 15 is 0 Å². The molecular weight excluding hydrogens is 230 g/mol. The average molecular weight is 245 g/mol. The highest BCUT2D eigenvalue weighted by Gasteiger charge is 2.03. The Bertz CT molecular complexity index is 576. The van der Waals surface area contributed by atoms with Crippen LogP contribution in [0.5, 0.6) is 5.75 Å². The van der Waals surface area contributed by atoms with Gasteiger partial charge in [-0.2, -0.15) is 0 Å². The summed E-state index contributed by atoms with van der Waals surface area (Å²) in [6, 6.07) is 8.78. The number of rotatable bonds is 4. The Hall–Kier alpha value is -2.14. The van der Waals surface area contributed by atoms with Crippen molar-refractivity contribution in [2.75, 3.05) is 6.61 Å². The Balaban J connectivity index is 2.36. The van der Waals surface area contributed by atoms with Gasteiger partial charge < -0.3 is 15.5 Å². The summed E-state index contributed by atoms with van der Waals surface area (Å²) < 4.78 is 5.35. The molecule has 0 aliphatic rings. The average Bonchev–Trinajstić information content (AvgIpc) is 2.39. The van der Waals surface area contributed by atoms with Gasteiger partial charge in [-0.1, -0.05) is 0 Å². The van der Waals surface area contributed by atoms with Gasteiger partial charge in [0.15, 0.2) is 0 Å². The second kappa shape index (κ2) is 5.46. The predicted octanol–water partition coefficient (Wildman–Crippen LogP) is 1.29. The van der Waals surface area contributed by atoms with Crippen LogP contribution in [0.15, 0.2) is 35.1 Å². The Morgan fingerprint density at radius 2 is 2.06 bits per heavy atom. The molecule has 0 atom stereocenters. The van der Waals surface area contributed by atoms with Gasteiger partial charge in [-0.15, -0.1) is 0 Å². The van der Waals surface area contributed by atoms with E-state index in [9.17, 15) is 4.79 Å². The van der Waals surface area contributed by atoms with E-state index in [2.05, 4.69) is 9.97 Å². The van der Waals surface area contributed by atoms with Gasteiger partial charge in [-0.05, 0) is 31.2 Å². The van der Waals surface area contributed by atoms with Gasteiger partial charge in [-0.25, -0.2) is 4.98 Å². The quantitative estimate of drug-likeness (QED) is 0.850. The molecule has 1 aromatic carbocycles. The summed E-state index contributed by atoms with van der Waals surface area (Å²) in [5, 5.41) is 0. The monoisotopic (exact) mass is 245 g/mol. The molecule has 0 aliphatic carbocycles. The van der Waals surface area contributed by atoms with Crippen LogP contribution in [0.3, 0.4) is 0 Å². The van der Waals surface area contributed by atoms with Gasteiger partial charge in [0.05, 0.1) is 12.3 Å². The lowest BCUT2D eigenvalue weighted by molar-refractivity contribution is 0.340. The van der Waals surface area contributed by atoms with Crippen molar-refractivity contribution in [3.8, 4) is 17.1 Å². The van der Waals surface area contributed by atoms with Crippen LogP contribution >= 0.6 is 0 Å². The van der Waals surface area contributed by atoms with Gasteiger partial charge in [0, 0.05) is 18.2 Å². The molecule has 0 saturated carbocycles. The number of nitrogens with zero attached hydrogens (tertiary/aromatic N) is 1. The number of H-pyrrole nitrogens is 1. The number of nitrogens with one attached hydrogen (secondary N) is 1. The lowest BCUT2D eigenvalue weighted by Gasteiger charge is -2.05. The number of hydrogen-bond acceptors (Lipinski definition) is 4. The molecule has 1 aromatic heterocycles. The fourth-order valence-corrected chi connectivity index (χ4v) is 1.62. The molecule has 0 unspecified atom stereocenters. The minimum absolute atomic E-state index is 0.200. The molecule has 0 amide bonds. The summed E-state index contributed by atoms with van der Waals surface area (Å²) in [7, 11) is 0. The van der Waals surface area contributed by atoms with E-state index in [1.807, 2.05) is 31.2 Å². The van der Waals surface area contributed by atoms with Crippen molar-refractivity contribution in [3.63, 3.8) is 0 Å². The number of aromatic nitrogens is 2. The highest BCUT2D eigenvalue weighted by atomic mass is 16.5. The molecule has 0 aliphatic heterocycles. The normalized spacial score (nSPS) is 10.3. The number of hydrogen-bond donors (Lipinski definition) is 2. The standard InChI is InChI=1S/C13H15N3O2/c1-2-18-11-5-3-9(4-6-11)13-15-10(8-14)7-12(17)16-13/h3-7H,2,8,14H2,1H3,(H,15,16,17). The summed E-state index contributed by atoms with van der Waals surface area (Å²) in [6.45, 7) is 2.79. The largest absolute Gasteiger partial charge is 0.494 e. The molecule has 94 valence electrons. The lowest BCUT2D eigenvalue weighted by atomic mass is 10.2.